The molecule has 4 aromatic rings. The number of amides is 1. The van der Waals surface area contributed by atoms with Crippen LogP contribution in [0.15, 0.2) is 71.1 Å². The van der Waals surface area contributed by atoms with Gasteiger partial charge in [-0.05, 0) is 67.8 Å². The minimum absolute atomic E-state index is 0.128. The van der Waals surface area contributed by atoms with Crippen LogP contribution in [0.4, 0.5) is 4.79 Å². The minimum Gasteiger partial charge on any atom is -0.489 e. The SMILES string of the molecule is COC(=O)Cc1ccccc1OCc1cc(-c2cccc(CNC(=O)OC(C)(C)C)c2)c2oc(CN)cc2c1. The molecular formula is C31H34N2O6. The Labute approximate surface area is 228 Å². The normalized spacial score (nSPS) is 11.3. The number of nitrogens with one attached hydrogen (secondary N) is 1. The molecule has 1 amide bonds. The molecule has 0 fully saturated rings. The van der Waals surface area contributed by atoms with Crippen molar-refractivity contribution in [2.75, 3.05) is 7.11 Å². The van der Waals surface area contributed by atoms with Gasteiger partial charge in [-0.15, -0.1) is 0 Å². The van der Waals surface area contributed by atoms with Gasteiger partial charge in [0.1, 0.15) is 29.3 Å². The molecule has 1 aromatic heterocycles. The van der Waals surface area contributed by atoms with Crippen molar-refractivity contribution in [2.24, 2.45) is 5.73 Å². The average Bonchev–Trinajstić information content (AvgIpc) is 3.33. The summed E-state index contributed by atoms with van der Waals surface area (Å²) in [4.78, 5) is 24.0. The second-order valence-electron chi connectivity index (χ2n) is 10.2. The molecule has 0 saturated heterocycles. The fourth-order valence-electron chi connectivity index (χ4n) is 4.18. The van der Waals surface area contributed by atoms with Crippen molar-refractivity contribution in [3.63, 3.8) is 0 Å². The van der Waals surface area contributed by atoms with E-state index in [1.807, 2.05) is 87.5 Å². The number of nitrogens with two attached hydrogens (primary N) is 1. The first-order valence-electron chi connectivity index (χ1n) is 12.7. The van der Waals surface area contributed by atoms with Crippen LogP contribution in [0.25, 0.3) is 22.1 Å². The van der Waals surface area contributed by atoms with Gasteiger partial charge in [-0.2, -0.15) is 0 Å². The van der Waals surface area contributed by atoms with E-state index in [0.29, 0.717) is 18.1 Å². The van der Waals surface area contributed by atoms with Crippen LogP contribution in [-0.2, 0) is 40.4 Å². The van der Waals surface area contributed by atoms with E-state index in [-0.39, 0.29) is 25.5 Å². The number of carbonyl (C=O) groups excluding carboxylic acids is 2. The van der Waals surface area contributed by atoms with Gasteiger partial charge in [-0.3, -0.25) is 4.79 Å². The number of furan rings is 1. The maximum Gasteiger partial charge on any atom is 0.407 e. The molecule has 0 saturated carbocycles. The Morgan fingerprint density at radius 1 is 0.974 bits per heavy atom. The van der Waals surface area contributed by atoms with Crippen LogP contribution in [0, 0.1) is 0 Å². The fourth-order valence-corrected chi connectivity index (χ4v) is 4.18. The summed E-state index contributed by atoms with van der Waals surface area (Å²) in [6, 6.07) is 21.3. The molecule has 0 radical (unpaired) electrons. The largest absolute Gasteiger partial charge is 0.489 e. The molecule has 0 aliphatic carbocycles. The van der Waals surface area contributed by atoms with Crippen molar-refractivity contribution >= 4 is 23.0 Å². The van der Waals surface area contributed by atoms with E-state index in [0.717, 1.165) is 38.8 Å². The van der Waals surface area contributed by atoms with Crippen molar-refractivity contribution in [3.05, 3.63) is 89.2 Å². The van der Waals surface area contributed by atoms with E-state index in [9.17, 15) is 9.59 Å². The molecule has 0 spiro atoms. The van der Waals surface area contributed by atoms with E-state index in [4.69, 9.17) is 24.4 Å². The zero-order valence-corrected chi connectivity index (χ0v) is 22.7. The van der Waals surface area contributed by atoms with Crippen molar-refractivity contribution in [1.82, 2.24) is 5.32 Å². The molecule has 0 aliphatic heterocycles. The lowest BCUT2D eigenvalue weighted by atomic mass is 9.99. The van der Waals surface area contributed by atoms with Crippen molar-refractivity contribution < 1.29 is 28.2 Å². The number of fused-ring (bicyclic) bond motifs is 1. The first kappa shape index (κ1) is 27.7. The molecule has 8 heteroatoms. The Kier molecular flexibility index (Phi) is 8.56. The molecule has 8 nitrogen and oxygen atoms in total. The van der Waals surface area contributed by atoms with Gasteiger partial charge in [-0.25, -0.2) is 4.79 Å². The number of methoxy groups -OCH3 is 1. The van der Waals surface area contributed by atoms with Crippen LogP contribution in [0.2, 0.25) is 0 Å². The maximum atomic E-state index is 12.1. The Morgan fingerprint density at radius 2 is 1.77 bits per heavy atom. The Morgan fingerprint density at radius 3 is 2.51 bits per heavy atom. The number of para-hydroxylation sites is 1. The van der Waals surface area contributed by atoms with Crippen LogP contribution < -0.4 is 15.8 Å². The summed E-state index contributed by atoms with van der Waals surface area (Å²) in [7, 11) is 1.37. The van der Waals surface area contributed by atoms with Gasteiger partial charge in [0, 0.05) is 23.1 Å². The second kappa shape index (κ2) is 12.0. The third-order valence-electron chi connectivity index (χ3n) is 5.93. The molecule has 4 rings (SSSR count). The lowest BCUT2D eigenvalue weighted by molar-refractivity contribution is -0.139. The van der Waals surface area contributed by atoms with Gasteiger partial charge < -0.3 is 29.7 Å². The third kappa shape index (κ3) is 7.39. The number of esters is 1. The van der Waals surface area contributed by atoms with E-state index in [2.05, 4.69) is 5.32 Å². The van der Waals surface area contributed by atoms with Gasteiger partial charge in [0.25, 0.3) is 0 Å². The first-order valence-corrected chi connectivity index (χ1v) is 12.7. The number of benzene rings is 3. The van der Waals surface area contributed by atoms with Gasteiger partial charge >= 0.3 is 12.1 Å². The standard InChI is InChI=1S/C31H34N2O6/c1-31(2,3)39-30(35)33-18-20-8-7-10-22(12-20)26-14-21(13-24-15-25(17-32)38-29(24)26)19-37-27-11-6-5-9-23(27)16-28(34)36-4/h5-15H,16-19,32H2,1-4H3,(H,33,35). The molecule has 3 aromatic carbocycles. The zero-order chi connectivity index (χ0) is 28.0. The highest BCUT2D eigenvalue weighted by molar-refractivity contribution is 5.93. The Hall–Kier alpha value is -4.30. The fraction of sp³-hybridized carbons (Fsp3) is 0.290. The minimum atomic E-state index is -0.570. The number of alkyl carbamates (subject to hydrolysis) is 1. The average molecular weight is 531 g/mol. The summed E-state index contributed by atoms with van der Waals surface area (Å²) >= 11 is 0. The summed E-state index contributed by atoms with van der Waals surface area (Å²) in [6.07, 6.45) is -0.344. The molecule has 0 aliphatic rings. The van der Waals surface area contributed by atoms with Gasteiger partial charge in [0.05, 0.1) is 20.1 Å². The van der Waals surface area contributed by atoms with E-state index < -0.39 is 11.7 Å². The second-order valence-corrected chi connectivity index (χ2v) is 10.2. The van der Waals surface area contributed by atoms with Crippen molar-refractivity contribution in [3.8, 4) is 16.9 Å². The highest BCUT2D eigenvalue weighted by Crippen LogP contribution is 2.34. The first-order chi connectivity index (χ1) is 18.6. The predicted octanol–water partition coefficient (Wildman–Crippen LogP) is 5.88. The molecule has 0 unspecified atom stereocenters. The summed E-state index contributed by atoms with van der Waals surface area (Å²) in [6.45, 7) is 6.35. The van der Waals surface area contributed by atoms with Crippen LogP contribution in [0.1, 0.15) is 43.2 Å². The quantitative estimate of drug-likeness (QED) is 0.260. The molecule has 39 heavy (non-hydrogen) atoms. The third-order valence-corrected chi connectivity index (χ3v) is 5.93. The van der Waals surface area contributed by atoms with E-state index in [1.165, 1.54) is 7.11 Å². The topological polar surface area (TPSA) is 113 Å². The number of hydrogen-bond donors (Lipinski definition) is 2. The van der Waals surface area contributed by atoms with Crippen LogP contribution in [0.3, 0.4) is 0 Å². The zero-order valence-electron chi connectivity index (χ0n) is 22.7. The smallest absolute Gasteiger partial charge is 0.407 e. The van der Waals surface area contributed by atoms with Crippen LogP contribution in [0.5, 0.6) is 5.75 Å². The molecule has 0 bridgehead atoms. The highest BCUT2D eigenvalue weighted by atomic mass is 16.6. The van der Waals surface area contributed by atoms with Crippen LogP contribution in [-0.4, -0.2) is 24.8 Å². The lowest BCUT2D eigenvalue weighted by Crippen LogP contribution is -2.32. The number of ether oxygens (including phenoxy) is 3. The maximum absolute atomic E-state index is 12.1. The highest BCUT2D eigenvalue weighted by Gasteiger charge is 2.17. The summed E-state index contributed by atoms with van der Waals surface area (Å²) in [5.41, 5.74) is 10.4. The Balaban J connectivity index is 1.61. The number of hydrogen-bond acceptors (Lipinski definition) is 7. The van der Waals surface area contributed by atoms with Gasteiger partial charge in [-0.1, -0.05) is 36.4 Å². The molecule has 1 heterocycles. The molecule has 3 N–H and O–H groups in total. The molecule has 204 valence electrons. The summed E-state index contributed by atoms with van der Waals surface area (Å²) in [5, 5.41) is 3.71. The van der Waals surface area contributed by atoms with Crippen LogP contribution >= 0.6 is 0 Å². The van der Waals surface area contributed by atoms with E-state index in [1.54, 1.807) is 0 Å². The van der Waals surface area contributed by atoms with Gasteiger partial charge in [0.2, 0.25) is 0 Å². The molecular weight excluding hydrogens is 496 g/mol. The number of rotatable bonds is 9. The predicted molar refractivity (Wildman–Crippen MR) is 149 cm³/mol. The lowest BCUT2D eigenvalue weighted by Gasteiger charge is -2.19. The monoisotopic (exact) mass is 530 g/mol. The molecule has 0 atom stereocenters. The number of carbonyl (C=O) groups is 2. The summed E-state index contributed by atoms with van der Waals surface area (Å²) < 4.78 is 22.4. The van der Waals surface area contributed by atoms with E-state index >= 15 is 0 Å². The van der Waals surface area contributed by atoms with Gasteiger partial charge in [0.15, 0.2) is 0 Å². The Bertz CT molecular complexity index is 1470. The van der Waals surface area contributed by atoms with Crippen molar-refractivity contribution in [1.29, 1.82) is 0 Å². The summed E-state index contributed by atoms with van der Waals surface area (Å²) in [5.74, 6) is 0.966. The van der Waals surface area contributed by atoms with Crippen molar-refractivity contribution in [2.45, 2.75) is 52.5 Å².